The molecule has 94 valence electrons. The number of hydrogen-bond donors (Lipinski definition) is 0. The van der Waals surface area contributed by atoms with Crippen LogP contribution in [0.5, 0.6) is 0 Å². The van der Waals surface area contributed by atoms with Crippen molar-refractivity contribution in [2.24, 2.45) is 0 Å². The van der Waals surface area contributed by atoms with Crippen LogP contribution in [0.15, 0.2) is 24.3 Å². The van der Waals surface area contributed by atoms with Gasteiger partial charge in [0.05, 0.1) is 0 Å². The summed E-state index contributed by atoms with van der Waals surface area (Å²) in [5.74, 6) is -4.28. The standard InChI is InChI=1S/C9H12O2P2S4/c14-12(15)7-13(16,17)11-6-9-4-2-1-3-8(9)5-10-12/h1-4H,5-7H2,(H,14,15)(H,16,17)/p-2. The Balaban J connectivity index is 2.29. The molecule has 8 heteroatoms. The largest absolute Gasteiger partial charge is 0.544 e. The average Bonchev–Trinajstić information content (AvgIpc) is 2.27. The van der Waals surface area contributed by atoms with Gasteiger partial charge in [-0.3, -0.25) is 9.05 Å². The first kappa shape index (κ1) is 14.8. The fourth-order valence-corrected chi connectivity index (χ4v) is 13.6. The Morgan fingerprint density at radius 1 is 0.824 bits per heavy atom. The summed E-state index contributed by atoms with van der Waals surface area (Å²) in [5, 5.41) is 0. The number of rotatable bonds is 0. The van der Waals surface area contributed by atoms with Gasteiger partial charge in [-0.05, 0) is 11.1 Å². The highest BCUT2D eigenvalue weighted by molar-refractivity contribution is 8.79. The second-order valence-corrected chi connectivity index (χ2v) is 16.2. The molecule has 2 rings (SSSR count). The van der Waals surface area contributed by atoms with Crippen molar-refractivity contribution in [3.8, 4) is 0 Å². The maximum absolute atomic E-state index is 5.67. The summed E-state index contributed by atoms with van der Waals surface area (Å²) in [6, 6.07) is 7.89. The lowest BCUT2D eigenvalue weighted by atomic mass is 10.1. The lowest BCUT2D eigenvalue weighted by Crippen LogP contribution is -2.01. The summed E-state index contributed by atoms with van der Waals surface area (Å²) < 4.78 is 11.3. The molecular formula is C9H10O2P2S4-2. The Labute approximate surface area is 124 Å². The zero-order valence-corrected chi connectivity index (χ0v) is 13.8. The predicted molar refractivity (Wildman–Crippen MR) is 84.2 cm³/mol. The summed E-state index contributed by atoms with van der Waals surface area (Å²) in [5.41, 5.74) is 2.11. The second-order valence-electron chi connectivity index (χ2n) is 3.68. The van der Waals surface area contributed by atoms with E-state index in [4.69, 9.17) is 58.0 Å². The summed E-state index contributed by atoms with van der Waals surface area (Å²) in [4.78, 5) is 0. The molecule has 0 aliphatic carbocycles. The molecule has 17 heavy (non-hydrogen) atoms. The summed E-state index contributed by atoms with van der Waals surface area (Å²) >= 11 is 21.2. The van der Waals surface area contributed by atoms with Crippen LogP contribution >= 0.6 is 11.8 Å². The minimum Gasteiger partial charge on any atom is -0.544 e. The zero-order chi connectivity index (χ0) is 12.5. The van der Waals surface area contributed by atoms with Crippen LogP contribution in [0.1, 0.15) is 11.1 Å². The van der Waals surface area contributed by atoms with E-state index in [9.17, 15) is 0 Å². The molecule has 0 spiro atoms. The Morgan fingerprint density at radius 2 is 1.24 bits per heavy atom. The Hall–Kier alpha value is 1.40. The van der Waals surface area contributed by atoms with E-state index >= 15 is 0 Å². The fraction of sp³-hybridized carbons (Fsp3) is 0.333. The Kier molecular flexibility index (Phi) is 5.05. The van der Waals surface area contributed by atoms with Crippen LogP contribution in [-0.4, -0.2) is 5.90 Å². The van der Waals surface area contributed by atoms with Gasteiger partial charge >= 0.3 is 0 Å². The SMILES string of the molecule is [S-][P+]1([S-])C[P+]([S-])([S-])OCc2ccccc2CO1. The van der Waals surface area contributed by atoms with Crippen molar-refractivity contribution in [1.82, 2.24) is 0 Å². The van der Waals surface area contributed by atoms with E-state index in [1.807, 2.05) is 24.3 Å². The summed E-state index contributed by atoms with van der Waals surface area (Å²) in [6.45, 7) is 0.871. The van der Waals surface area contributed by atoms with Crippen molar-refractivity contribution in [2.45, 2.75) is 13.2 Å². The molecule has 0 saturated heterocycles. The van der Waals surface area contributed by atoms with Crippen LogP contribution in [0.25, 0.3) is 0 Å². The second kappa shape index (κ2) is 5.80. The van der Waals surface area contributed by atoms with E-state index in [0.29, 0.717) is 19.1 Å². The Morgan fingerprint density at radius 3 is 1.65 bits per heavy atom. The van der Waals surface area contributed by atoms with Gasteiger partial charge in [-0.25, -0.2) is 0 Å². The highest BCUT2D eigenvalue weighted by Crippen LogP contribution is 2.72. The van der Waals surface area contributed by atoms with Crippen molar-refractivity contribution < 1.29 is 9.05 Å². The van der Waals surface area contributed by atoms with E-state index in [0.717, 1.165) is 11.1 Å². The van der Waals surface area contributed by atoms with E-state index in [1.54, 1.807) is 0 Å². The van der Waals surface area contributed by atoms with Crippen molar-refractivity contribution in [3.05, 3.63) is 35.4 Å². The topological polar surface area (TPSA) is 18.5 Å². The predicted octanol–water partition coefficient (Wildman–Crippen LogP) is 3.40. The molecule has 1 heterocycles. The third kappa shape index (κ3) is 4.47. The normalized spacial score (nSPS) is 23.1. The quantitative estimate of drug-likeness (QED) is 0.528. The van der Waals surface area contributed by atoms with Crippen LogP contribution in [0.3, 0.4) is 0 Å². The molecule has 0 fully saturated rings. The van der Waals surface area contributed by atoms with Gasteiger partial charge in [0.2, 0.25) is 0 Å². The van der Waals surface area contributed by atoms with Crippen molar-refractivity contribution in [2.75, 3.05) is 5.90 Å². The minimum absolute atomic E-state index is 0.378. The van der Waals surface area contributed by atoms with Gasteiger partial charge in [0.25, 0.3) is 0 Å². The van der Waals surface area contributed by atoms with Gasteiger partial charge in [0, 0.05) is 0 Å². The lowest BCUT2D eigenvalue weighted by molar-refractivity contribution is 0.333. The van der Waals surface area contributed by atoms with Crippen LogP contribution in [0, 0.1) is 0 Å². The molecule has 1 aromatic carbocycles. The molecule has 0 aromatic heterocycles. The van der Waals surface area contributed by atoms with Crippen molar-refractivity contribution in [3.63, 3.8) is 0 Å². The van der Waals surface area contributed by atoms with Crippen molar-refractivity contribution >= 4 is 60.8 Å². The monoisotopic (exact) mass is 340 g/mol. The van der Waals surface area contributed by atoms with Gasteiger partial charge in [0.1, 0.15) is 19.1 Å². The maximum Gasteiger partial charge on any atom is 0.134 e. The smallest absolute Gasteiger partial charge is 0.134 e. The van der Waals surface area contributed by atoms with Crippen LogP contribution in [0.2, 0.25) is 0 Å². The molecule has 0 radical (unpaired) electrons. The highest BCUT2D eigenvalue weighted by atomic mass is 33.1. The molecule has 0 saturated carbocycles. The highest BCUT2D eigenvalue weighted by Gasteiger charge is 2.24. The number of fused-ring (bicyclic) bond motifs is 1. The average molecular weight is 340 g/mol. The van der Waals surface area contributed by atoms with E-state index in [1.165, 1.54) is 0 Å². The van der Waals surface area contributed by atoms with Gasteiger partial charge in [-0.15, -0.1) is 0 Å². The van der Waals surface area contributed by atoms with Crippen LogP contribution in [-0.2, 0) is 71.3 Å². The molecular weight excluding hydrogens is 330 g/mol. The van der Waals surface area contributed by atoms with E-state index in [-0.39, 0.29) is 0 Å². The molecule has 2 nitrogen and oxygen atoms in total. The maximum atomic E-state index is 5.67. The Bertz CT molecular complexity index is 377. The molecule has 1 aromatic rings. The third-order valence-electron chi connectivity index (χ3n) is 2.30. The first-order valence-electron chi connectivity index (χ1n) is 4.84. The third-order valence-corrected chi connectivity index (χ3v) is 11.5. The number of benzene rings is 1. The van der Waals surface area contributed by atoms with Gasteiger partial charge in [-0.1, -0.05) is 36.1 Å². The summed E-state index contributed by atoms with van der Waals surface area (Å²) in [6.07, 6.45) is 0. The minimum atomic E-state index is -2.33. The van der Waals surface area contributed by atoms with E-state index in [2.05, 4.69) is 0 Å². The number of hydrogen-bond acceptors (Lipinski definition) is 6. The van der Waals surface area contributed by atoms with E-state index < -0.39 is 11.8 Å². The van der Waals surface area contributed by atoms with Crippen molar-refractivity contribution in [1.29, 1.82) is 0 Å². The molecule has 0 unspecified atom stereocenters. The van der Waals surface area contributed by atoms with Gasteiger partial charge < -0.3 is 49.0 Å². The molecule has 0 N–H and O–H groups in total. The molecule has 1 aliphatic heterocycles. The molecule has 0 amide bonds. The summed E-state index contributed by atoms with van der Waals surface area (Å²) in [7, 11) is 0. The first-order valence-corrected chi connectivity index (χ1v) is 12.7. The first-order chi connectivity index (χ1) is 7.88. The molecule has 0 bridgehead atoms. The molecule has 1 aliphatic rings. The van der Waals surface area contributed by atoms with Crippen LogP contribution < -0.4 is 0 Å². The van der Waals surface area contributed by atoms with Crippen LogP contribution in [0.4, 0.5) is 0 Å². The fourth-order valence-electron chi connectivity index (χ4n) is 1.47. The van der Waals surface area contributed by atoms with Gasteiger partial charge in [-0.2, -0.15) is 0 Å². The zero-order valence-electron chi connectivity index (χ0n) is 8.77. The molecule has 0 atom stereocenters. The van der Waals surface area contributed by atoms with Gasteiger partial charge in [0.15, 0.2) is 0 Å². The lowest BCUT2D eigenvalue weighted by Gasteiger charge is -2.45.